The fourth-order valence-electron chi connectivity index (χ4n) is 3.17. The van der Waals surface area contributed by atoms with Crippen molar-refractivity contribution < 1.29 is 9.53 Å². The molecule has 7 nitrogen and oxygen atoms in total. The predicted molar refractivity (Wildman–Crippen MR) is 120 cm³/mol. The van der Waals surface area contributed by atoms with E-state index in [-0.39, 0.29) is 11.8 Å². The van der Waals surface area contributed by atoms with Crippen molar-refractivity contribution >= 4 is 33.3 Å². The first kappa shape index (κ1) is 20.3. The molecule has 8 heteroatoms. The summed E-state index contributed by atoms with van der Waals surface area (Å²) in [6.45, 7) is 3.92. The number of piperazine rings is 1. The van der Waals surface area contributed by atoms with Crippen LogP contribution in [0.4, 0.5) is 11.5 Å². The number of amides is 1. The normalized spacial score (nSPS) is 14.4. The molecule has 1 aliphatic rings. The standard InChI is InChI=1S/C22H22BrN5O2/c1-27-10-12-28(13-11-27)20-8-7-17(15-25-20)26-21(29)19-6-3-9-24-22(19)30-18-5-2-4-16(23)14-18/h2-9,14-15H,10-13H2,1H3,(H,26,29). The number of nitrogens with zero attached hydrogens (tertiary/aromatic N) is 4. The van der Waals surface area contributed by atoms with Gasteiger partial charge in [-0.3, -0.25) is 4.79 Å². The highest BCUT2D eigenvalue weighted by atomic mass is 79.9. The van der Waals surface area contributed by atoms with Crippen LogP contribution in [0.15, 0.2) is 65.4 Å². The number of nitrogens with one attached hydrogen (secondary N) is 1. The summed E-state index contributed by atoms with van der Waals surface area (Å²) in [7, 11) is 2.12. The van der Waals surface area contributed by atoms with E-state index in [0.29, 0.717) is 17.0 Å². The van der Waals surface area contributed by atoms with Crippen LogP contribution in [0.3, 0.4) is 0 Å². The Bertz CT molecular complexity index is 1020. The molecule has 3 aromatic rings. The molecule has 1 amide bonds. The monoisotopic (exact) mass is 467 g/mol. The average Bonchev–Trinajstić information content (AvgIpc) is 2.75. The van der Waals surface area contributed by atoms with Crippen LogP contribution in [0, 0.1) is 0 Å². The van der Waals surface area contributed by atoms with Gasteiger partial charge in [0.1, 0.15) is 17.1 Å². The Kier molecular flexibility index (Phi) is 6.25. The first-order chi connectivity index (χ1) is 14.6. The fourth-order valence-corrected chi connectivity index (χ4v) is 3.55. The number of aromatic nitrogens is 2. The van der Waals surface area contributed by atoms with Gasteiger partial charge in [0.15, 0.2) is 0 Å². The molecule has 1 aliphatic heterocycles. The van der Waals surface area contributed by atoms with E-state index in [2.05, 4.69) is 48.1 Å². The van der Waals surface area contributed by atoms with Gasteiger partial charge in [-0.25, -0.2) is 9.97 Å². The molecule has 3 heterocycles. The van der Waals surface area contributed by atoms with E-state index in [1.54, 1.807) is 24.5 Å². The molecule has 0 aliphatic carbocycles. The summed E-state index contributed by atoms with van der Waals surface area (Å²) in [6.07, 6.45) is 3.27. The maximum atomic E-state index is 12.8. The van der Waals surface area contributed by atoms with Gasteiger partial charge in [0, 0.05) is 36.8 Å². The van der Waals surface area contributed by atoms with E-state index < -0.39 is 0 Å². The minimum atomic E-state index is -0.303. The highest BCUT2D eigenvalue weighted by Crippen LogP contribution is 2.26. The van der Waals surface area contributed by atoms with Crippen LogP contribution in [-0.2, 0) is 0 Å². The number of carbonyl (C=O) groups excluding carboxylic acids is 1. The molecule has 154 valence electrons. The van der Waals surface area contributed by atoms with Gasteiger partial charge in [-0.2, -0.15) is 0 Å². The molecular formula is C22H22BrN5O2. The van der Waals surface area contributed by atoms with E-state index in [0.717, 1.165) is 36.5 Å². The van der Waals surface area contributed by atoms with Crippen molar-refractivity contribution in [3.63, 3.8) is 0 Å². The van der Waals surface area contributed by atoms with Gasteiger partial charge in [-0.15, -0.1) is 0 Å². The smallest absolute Gasteiger partial charge is 0.261 e. The zero-order chi connectivity index (χ0) is 20.9. The van der Waals surface area contributed by atoms with Crippen molar-refractivity contribution in [2.45, 2.75) is 0 Å². The summed E-state index contributed by atoms with van der Waals surface area (Å²) in [5, 5.41) is 2.88. The third-order valence-electron chi connectivity index (χ3n) is 4.86. The maximum absolute atomic E-state index is 12.8. The number of likely N-dealkylation sites (N-methyl/N-ethyl adjacent to an activating group) is 1. The zero-order valence-corrected chi connectivity index (χ0v) is 18.2. The molecule has 0 unspecified atom stereocenters. The minimum Gasteiger partial charge on any atom is -0.438 e. The van der Waals surface area contributed by atoms with Gasteiger partial charge in [-0.05, 0) is 49.5 Å². The molecule has 1 fully saturated rings. The first-order valence-electron chi connectivity index (χ1n) is 9.68. The second-order valence-electron chi connectivity index (χ2n) is 7.07. The lowest BCUT2D eigenvalue weighted by atomic mass is 10.2. The van der Waals surface area contributed by atoms with Crippen molar-refractivity contribution in [3.05, 3.63) is 71.0 Å². The second-order valence-corrected chi connectivity index (χ2v) is 7.98. The summed E-state index contributed by atoms with van der Waals surface area (Å²) >= 11 is 3.41. The Labute approximate surface area is 183 Å². The van der Waals surface area contributed by atoms with Crippen LogP contribution in [0.2, 0.25) is 0 Å². The second kappa shape index (κ2) is 9.23. The van der Waals surface area contributed by atoms with Crippen LogP contribution in [0.1, 0.15) is 10.4 Å². The van der Waals surface area contributed by atoms with E-state index in [1.807, 2.05) is 36.4 Å². The van der Waals surface area contributed by atoms with E-state index in [9.17, 15) is 4.79 Å². The van der Waals surface area contributed by atoms with Gasteiger partial charge in [-0.1, -0.05) is 22.0 Å². The Morgan fingerprint density at radius 3 is 2.63 bits per heavy atom. The van der Waals surface area contributed by atoms with Gasteiger partial charge in [0.05, 0.1) is 11.9 Å². The lowest BCUT2D eigenvalue weighted by Crippen LogP contribution is -2.44. The lowest BCUT2D eigenvalue weighted by Gasteiger charge is -2.33. The number of benzene rings is 1. The quantitative estimate of drug-likeness (QED) is 0.610. The molecule has 4 rings (SSSR count). The summed E-state index contributed by atoms with van der Waals surface area (Å²) in [4.78, 5) is 26.1. The third kappa shape index (κ3) is 4.95. The molecule has 1 N–H and O–H groups in total. The summed E-state index contributed by atoms with van der Waals surface area (Å²) in [5.74, 6) is 1.45. The van der Waals surface area contributed by atoms with Crippen LogP contribution >= 0.6 is 15.9 Å². The van der Waals surface area contributed by atoms with Crippen molar-refractivity contribution in [1.82, 2.24) is 14.9 Å². The zero-order valence-electron chi connectivity index (χ0n) is 16.6. The number of rotatable bonds is 5. The van der Waals surface area contributed by atoms with Crippen molar-refractivity contribution in [2.75, 3.05) is 43.4 Å². The van der Waals surface area contributed by atoms with Crippen molar-refractivity contribution in [1.29, 1.82) is 0 Å². The molecule has 0 spiro atoms. The number of hydrogen-bond acceptors (Lipinski definition) is 6. The molecule has 2 aromatic heterocycles. The van der Waals surface area contributed by atoms with Crippen LogP contribution in [0.5, 0.6) is 11.6 Å². The Hall–Kier alpha value is -2.97. The van der Waals surface area contributed by atoms with Crippen LogP contribution in [-0.4, -0.2) is 54.0 Å². The highest BCUT2D eigenvalue weighted by molar-refractivity contribution is 9.10. The van der Waals surface area contributed by atoms with Gasteiger partial charge >= 0.3 is 0 Å². The lowest BCUT2D eigenvalue weighted by molar-refractivity contribution is 0.102. The Morgan fingerprint density at radius 1 is 1.07 bits per heavy atom. The molecule has 1 aromatic carbocycles. The van der Waals surface area contributed by atoms with E-state index >= 15 is 0 Å². The highest BCUT2D eigenvalue weighted by Gasteiger charge is 2.17. The van der Waals surface area contributed by atoms with Gasteiger partial charge in [0.25, 0.3) is 5.91 Å². The number of anilines is 2. The molecule has 0 saturated carbocycles. The topological polar surface area (TPSA) is 70.6 Å². The largest absolute Gasteiger partial charge is 0.438 e. The Morgan fingerprint density at radius 2 is 1.90 bits per heavy atom. The SMILES string of the molecule is CN1CCN(c2ccc(NC(=O)c3cccnc3Oc3cccc(Br)c3)cn2)CC1. The van der Waals surface area contributed by atoms with Gasteiger partial charge in [0.2, 0.25) is 5.88 Å². The molecule has 1 saturated heterocycles. The molecule has 0 bridgehead atoms. The van der Waals surface area contributed by atoms with Crippen LogP contribution in [0.25, 0.3) is 0 Å². The summed E-state index contributed by atoms with van der Waals surface area (Å²) in [5.41, 5.74) is 0.968. The van der Waals surface area contributed by atoms with Crippen LogP contribution < -0.4 is 15.0 Å². The predicted octanol–water partition coefficient (Wildman–Crippen LogP) is 4.04. The maximum Gasteiger partial charge on any atom is 0.261 e. The fraction of sp³-hybridized carbons (Fsp3) is 0.227. The molecule has 30 heavy (non-hydrogen) atoms. The average molecular weight is 468 g/mol. The molecular weight excluding hydrogens is 446 g/mol. The number of carbonyl (C=O) groups is 1. The first-order valence-corrected chi connectivity index (χ1v) is 10.5. The number of ether oxygens (including phenoxy) is 1. The number of halogens is 1. The number of hydrogen-bond donors (Lipinski definition) is 1. The van der Waals surface area contributed by atoms with E-state index in [4.69, 9.17) is 4.74 Å². The minimum absolute atomic E-state index is 0.245. The third-order valence-corrected chi connectivity index (χ3v) is 5.35. The van der Waals surface area contributed by atoms with Gasteiger partial charge < -0.3 is 19.9 Å². The summed E-state index contributed by atoms with van der Waals surface area (Å²) < 4.78 is 6.71. The summed E-state index contributed by atoms with van der Waals surface area (Å²) in [6, 6.07) is 14.6. The van der Waals surface area contributed by atoms with E-state index in [1.165, 1.54) is 0 Å². The van der Waals surface area contributed by atoms with Crippen molar-refractivity contribution in [2.24, 2.45) is 0 Å². The molecule has 0 radical (unpaired) electrons. The molecule has 0 atom stereocenters. The number of pyridine rings is 2. The van der Waals surface area contributed by atoms with Crippen molar-refractivity contribution in [3.8, 4) is 11.6 Å². The Balaban J connectivity index is 1.45.